The average molecular weight is 317 g/mol. The van der Waals surface area contributed by atoms with Gasteiger partial charge in [-0.2, -0.15) is 0 Å². The third-order valence-corrected chi connectivity index (χ3v) is 4.21. The van der Waals surface area contributed by atoms with Crippen molar-refractivity contribution in [1.29, 1.82) is 0 Å². The van der Waals surface area contributed by atoms with Crippen LogP contribution in [-0.4, -0.2) is 58.8 Å². The number of halogens is 1. The number of hydrogen-bond acceptors (Lipinski definition) is 6. The predicted molar refractivity (Wildman–Crippen MR) is 71.7 cm³/mol. The lowest BCUT2D eigenvalue weighted by molar-refractivity contribution is -0.130. The maximum atomic E-state index is 12.4. The molecule has 9 heteroatoms. The summed E-state index contributed by atoms with van der Waals surface area (Å²) in [6.45, 7) is 0.973. The molecule has 20 heavy (non-hydrogen) atoms. The minimum Gasteiger partial charge on any atom is -0.377 e. The molecule has 2 fully saturated rings. The number of carbonyl (C=O) groups excluding carboxylic acids is 2. The number of amides is 2. The lowest BCUT2D eigenvalue weighted by Gasteiger charge is -2.33. The lowest BCUT2D eigenvalue weighted by Crippen LogP contribution is -2.56. The summed E-state index contributed by atoms with van der Waals surface area (Å²) < 4.78 is 5.52. The van der Waals surface area contributed by atoms with Crippen molar-refractivity contribution >= 4 is 34.8 Å². The van der Waals surface area contributed by atoms with E-state index in [1.807, 2.05) is 0 Å². The molecule has 1 saturated heterocycles. The molecular formula is C11H13ClN4O3S. The lowest BCUT2D eigenvalue weighted by atomic mass is 10.2. The summed E-state index contributed by atoms with van der Waals surface area (Å²) in [5, 5.41) is 10.4. The Kier molecular flexibility index (Phi) is 3.86. The first-order valence-electron chi connectivity index (χ1n) is 6.33. The van der Waals surface area contributed by atoms with E-state index < -0.39 is 6.04 Å². The largest absolute Gasteiger partial charge is 0.377 e. The van der Waals surface area contributed by atoms with Crippen molar-refractivity contribution < 1.29 is 14.3 Å². The predicted octanol–water partition coefficient (Wildman–Crippen LogP) is 0.311. The van der Waals surface area contributed by atoms with Crippen LogP contribution in [0.1, 0.15) is 22.6 Å². The topological polar surface area (TPSA) is 84.4 Å². The fourth-order valence-electron chi connectivity index (χ4n) is 2.00. The molecule has 2 amide bonds. The maximum Gasteiger partial charge on any atom is 0.285 e. The van der Waals surface area contributed by atoms with E-state index in [4.69, 9.17) is 16.3 Å². The quantitative estimate of drug-likeness (QED) is 0.867. The Hall–Kier alpha value is -1.25. The van der Waals surface area contributed by atoms with Crippen molar-refractivity contribution in [3.63, 3.8) is 0 Å². The summed E-state index contributed by atoms with van der Waals surface area (Å²) >= 11 is 6.70. The van der Waals surface area contributed by atoms with E-state index in [0.717, 1.165) is 24.2 Å². The summed E-state index contributed by atoms with van der Waals surface area (Å²) in [4.78, 5) is 26.0. The second kappa shape index (κ2) is 5.63. The van der Waals surface area contributed by atoms with Crippen LogP contribution in [0.15, 0.2) is 0 Å². The summed E-state index contributed by atoms with van der Waals surface area (Å²) in [7, 11) is 0. The average Bonchev–Trinajstić information content (AvgIpc) is 3.16. The first kappa shape index (κ1) is 13.7. The number of carbonyl (C=O) groups is 2. The van der Waals surface area contributed by atoms with Crippen molar-refractivity contribution in [2.24, 2.45) is 0 Å². The Morgan fingerprint density at radius 3 is 2.85 bits per heavy atom. The van der Waals surface area contributed by atoms with Crippen LogP contribution in [-0.2, 0) is 9.53 Å². The van der Waals surface area contributed by atoms with E-state index in [2.05, 4.69) is 15.5 Å². The molecule has 1 aliphatic heterocycles. The summed E-state index contributed by atoms with van der Waals surface area (Å²) in [5.74, 6) is -0.496. The van der Waals surface area contributed by atoms with Gasteiger partial charge in [0.15, 0.2) is 0 Å². The van der Waals surface area contributed by atoms with Gasteiger partial charge in [0.1, 0.15) is 6.04 Å². The van der Waals surface area contributed by atoms with Gasteiger partial charge in [0.25, 0.3) is 5.91 Å². The zero-order valence-electron chi connectivity index (χ0n) is 10.5. The van der Waals surface area contributed by atoms with Gasteiger partial charge in [-0.05, 0) is 24.4 Å². The van der Waals surface area contributed by atoms with Crippen LogP contribution in [0.4, 0.5) is 0 Å². The molecule has 1 aliphatic carbocycles. The highest BCUT2D eigenvalue weighted by atomic mass is 35.5. The van der Waals surface area contributed by atoms with E-state index in [1.165, 1.54) is 4.90 Å². The number of nitrogens with one attached hydrogen (secondary N) is 1. The van der Waals surface area contributed by atoms with Crippen molar-refractivity contribution in [2.75, 3.05) is 19.8 Å². The van der Waals surface area contributed by atoms with Crippen molar-refractivity contribution in [2.45, 2.75) is 24.9 Å². The van der Waals surface area contributed by atoms with Crippen LogP contribution < -0.4 is 5.32 Å². The van der Waals surface area contributed by atoms with Crippen LogP contribution in [0.3, 0.4) is 0 Å². The molecule has 1 saturated carbocycles. The summed E-state index contributed by atoms with van der Waals surface area (Å²) in [6, 6.07) is -0.364. The van der Waals surface area contributed by atoms with Crippen LogP contribution >= 0.6 is 22.9 Å². The highest BCUT2D eigenvalue weighted by Crippen LogP contribution is 2.21. The Labute approximate surface area is 124 Å². The first-order valence-corrected chi connectivity index (χ1v) is 7.52. The molecule has 2 aliphatic rings. The molecule has 0 spiro atoms. The first-order chi connectivity index (χ1) is 9.65. The highest BCUT2D eigenvalue weighted by Gasteiger charge is 2.36. The zero-order chi connectivity index (χ0) is 14.1. The molecule has 1 aromatic heterocycles. The van der Waals surface area contributed by atoms with E-state index in [9.17, 15) is 9.59 Å². The molecular weight excluding hydrogens is 304 g/mol. The molecule has 1 N–H and O–H groups in total. The molecule has 0 bridgehead atoms. The van der Waals surface area contributed by atoms with E-state index >= 15 is 0 Å². The Morgan fingerprint density at radius 1 is 1.40 bits per heavy atom. The molecule has 0 aromatic carbocycles. The van der Waals surface area contributed by atoms with Gasteiger partial charge in [0.05, 0.1) is 13.2 Å². The van der Waals surface area contributed by atoms with E-state index in [1.54, 1.807) is 0 Å². The van der Waals surface area contributed by atoms with Gasteiger partial charge < -0.3 is 15.0 Å². The van der Waals surface area contributed by atoms with Gasteiger partial charge in [-0.3, -0.25) is 9.59 Å². The Morgan fingerprint density at radius 2 is 2.20 bits per heavy atom. The Bertz CT molecular complexity index is 533. The molecule has 1 aromatic rings. The number of hydrogen-bond donors (Lipinski definition) is 1. The smallest absolute Gasteiger partial charge is 0.285 e. The standard InChI is InChI=1S/C11H13ClN4O3S/c12-11-15-14-9(20-11)10(18)16-3-4-19-5-7(16)8(17)13-6-1-2-6/h6-7H,1-5H2,(H,13,17). The van der Waals surface area contributed by atoms with Gasteiger partial charge in [-0.25, -0.2) is 0 Å². The molecule has 3 rings (SSSR count). The molecule has 1 atom stereocenters. The van der Waals surface area contributed by atoms with Crippen LogP contribution in [0.25, 0.3) is 0 Å². The molecule has 7 nitrogen and oxygen atoms in total. The van der Waals surface area contributed by atoms with Gasteiger partial charge in [-0.15, -0.1) is 10.2 Å². The minimum atomic E-state index is -0.612. The van der Waals surface area contributed by atoms with Crippen LogP contribution in [0.5, 0.6) is 0 Å². The van der Waals surface area contributed by atoms with E-state index in [0.29, 0.717) is 13.2 Å². The summed E-state index contributed by atoms with van der Waals surface area (Å²) in [5.41, 5.74) is 0. The van der Waals surface area contributed by atoms with Crippen LogP contribution in [0.2, 0.25) is 4.47 Å². The second-order valence-corrected chi connectivity index (χ2v) is 6.29. The normalized spacial score (nSPS) is 22.6. The number of rotatable bonds is 3. The van der Waals surface area contributed by atoms with Gasteiger partial charge in [0, 0.05) is 12.6 Å². The SMILES string of the molecule is O=C(NC1CC1)C1COCCN1C(=O)c1nnc(Cl)s1. The van der Waals surface area contributed by atoms with E-state index in [-0.39, 0.29) is 33.9 Å². The highest BCUT2D eigenvalue weighted by molar-refractivity contribution is 7.17. The zero-order valence-corrected chi connectivity index (χ0v) is 12.1. The third-order valence-electron chi connectivity index (χ3n) is 3.20. The Balaban J connectivity index is 1.73. The van der Waals surface area contributed by atoms with Crippen molar-refractivity contribution in [1.82, 2.24) is 20.4 Å². The minimum absolute atomic E-state index is 0.170. The number of ether oxygens (including phenoxy) is 1. The number of morpholine rings is 1. The maximum absolute atomic E-state index is 12.4. The third kappa shape index (κ3) is 2.92. The molecule has 108 valence electrons. The fraction of sp³-hybridized carbons (Fsp3) is 0.636. The number of nitrogens with zero attached hydrogens (tertiary/aromatic N) is 3. The van der Waals surface area contributed by atoms with Gasteiger partial charge in [0.2, 0.25) is 15.4 Å². The van der Waals surface area contributed by atoms with Crippen molar-refractivity contribution in [3.05, 3.63) is 9.47 Å². The summed E-state index contributed by atoms with van der Waals surface area (Å²) in [6.07, 6.45) is 2.00. The molecule has 1 unspecified atom stereocenters. The number of aromatic nitrogens is 2. The monoisotopic (exact) mass is 316 g/mol. The molecule has 0 radical (unpaired) electrons. The molecule has 2 heterocycles. The van der Waals surface area contributed by atoms with Gasteiger partial charge in [-0.1, -0.05) is 11.3 Å². The van der Waals surface area contributed by atoms with Crippen molar-refractivity contribution in [3.8, 4) is 0 Å². The van der Waals surface area contributed by atoms with Gasteiger partial charge >= 0.3 is 0 Å². The second-order valence-electron chi connectivity index (χ2n) is 4.73. The fourth-order valence-corrected chi connectivity index (χ4v) is 2.79. The van der Waals surface area contributed by atoms with Crippen LogP contribution in [0, 0.1) is 0 Å².